The van der Waals surface area contributed by atoms with Gasteiger partial charge in [-0.25, -0.2) is 0 Å². The molecule has 0 saturated carbocycles. The van der Waals surface area contributed by atoms with Crippen LogP contribution in [0.5, 0.6) is 0 Å². The molecule has 0 atom stereocenters. The first-order valence-electron chi connectivity index (χ1n) is 19.8. The Morgan fingerprint density at radius 2 is 0.982 bits per heavy atom. The lowest BCUT2D eigenvalue weighted by atomic mass is 9.81. The van der Waals surface area contributed by atoms with E-state index in [1.165, 1.54) is 88.8 Å². The number of para-hydroxylation sites is 3. The van der Waals surface area contributed by atoms with Gasteiger partial charge in [0.15, 0.2) is 0 Å². The summed E-state index contributed by atoms with van der Waals surface area (Å²) >= 11 is 0. The van der Waals surface area contributed by atoms with Crippen molar-refractivity contribution in [1.29, 1.82) is 0 Å². The van der Waals surface area contributed by atoms with Gasteiger partial charge < -0.3 is 9.47 Å². The highest BCUT2D eigenvalue weighted by Crippen LogP contribution is 2.56. The minimum absolute atomic E-state index is 0.110. The normalized spacial score (nSPS) is 14.4. The van der Waals surface area contributed by atoms with Gasteiger partial charge in [-0.15, -0.1) is 0 Å². The highest BCUT2D eigenvalue weighted by atomic mass is 15.1. The number of hydrogen-bond donors (Lipinski definition) is 0. The summed E-state index contributed by atoms with van der Waals surface area (Å²) in [5.41, 5.74) is 20.1. The van der Waals surface area contributed by atoms with E-state index in [1.54, 1.807) is 0 Å². The van der Waals surface area contributed by atoms with E-state index in [9.17, 15) is 0 Å². The zero-order valence-electron chi connectivity index (χ0n) is 32.2. The Bertz CT molecular complexity index is 3020. The Kier molecular flexibility index (Phi) is 6.98. The zero-order valence-corrected chi connectivity index (χ0v) is 32.2. The van der Waals surface area contributed by atoms with Crippen molar-refractivity contribution in [3.63, 3.8) is 0 Å². The van der Waals surface area contributed by atoms with Gasteiger partial charge in [0.2, 0.25) is 0 Å². The first kappa shape index (κ1) is 32.8. The molecule has 0 fully saturated rings. The van der Waals surface area contributed by atoms with Crippen LogP contribution in [0.3, 0.4) is 0 Å². The quantitative estimate of drug-likeness (QED) is 0.172. The maximum atomic E-state index is 2.51. The lowest BCUT2D eigenvalue weighted by Crippen LogP contribution is -2.21. The standard InChI is InChI=1S/C54H42N2/c1-53(2)46-24-11-8-18-40(46)42-33-32-38(34-48(42)53)55(50-27-15-22-44-41-19-9-12-25-47(41)54(3,4)51(44)50)37-30-28-35(29-31-37)39-21-14-23-45-43-20-10-13-26-49(43)56(52(39)45)36-16-6-5-7-17-36/h5-34H,1-4H3. The fraction of sp³-hybridized carbons (Fsp3) is 0.111. The van der Waals surface area contributed by atoms with Gasteiger partial charge >= 0.3 is 0 Å². The second-order valence-electron chi connectivity index (χ2n) is 16.5. The lowest BCUT2D eigenvalue weighted by Gasteiger charge is -2.33. The molecule has 0 saturated heterocycles. The van der Waals surface area contributed by atoms with Gasteiger partial charge in [0.1, 0.15) is 0 Å². The monoisotopic (exact) mass is 718 g/mol. The summed E-state index contributed by atoms with van der Waals surface area (Å²) in [6, 6.07) is 67.4. The molecule has 9 aromatic rings. The number of anilines is 3. The van der Waals surface area contributed by atoms with Crippen molar-refractivity contribution in [3.8, 4) is 39.1 Å². The molecule has 0 bridgehead atoms. The molecular formula is C54H42N2. The third kappa shape index (κ3) is 4.56. The van der Waals surface area contributed by atoms with Crippen LogP contribution in [-0.4, -0.2) is 4.57 Å². The van der Waals surface area contributed by atoms with Crippen LogP contribution < -0.4 is 4.90 Å². The second kappa shape index (κ2) is 11.9. The Hall–Kier alpha value is -6.64. The number of nitrogens with zero attached hydrogens (tertiary/aromatic N) is 2. The number of hydrogen-bond acceptors (Lipinski definition) is 1. The fourth-order valence-electron chi connectivity index (χ4n) is 10.2. The molecule has 2 aliphatic rings. The maximum Gasteiger partial charge on any atom is 0.0619 e. The maximum absolute atomic E-state index is 2.51. The molecule has 0 radical (unpaired) electrons. The van der Waals surface area contributed by atoms with Crippen LogP contribution in [0.25, 0.3) is 60.9 Å². The molecule has 8 aromatic carbocycles. The molecular weight excluding hydrogens is 677 g/mol. The van der Waals surface area contributed by atoms with Crippen molar-refractivity contribution >= 4 is 38.9 Å². The van der Waals surface area contributed by atoms with Crippen LogP contribution in [0, 0.1) is 0 Å². The molecule has 2 aliphatic carbocycles. The predicted octanol–water partition coefficient (Wildman–Crippen LogP) is 14.5. The first-order valence-corrected chi connectivity index (χ1v) is 19.8. The van der Waals surface area contributed by atoms with E-state index in [4.69, 9.17) is 0 Å². The van der Waals surface area contributed by atoms with Gasteiger partial charge in [0.05, 0.1) is 16.7 Å². The molecule has 0 spiro atoms. The van der Waals surface area contributed by atoms with Crippen molar-refractivity contribution in [3.05, 3.63) is 204 Å². The average molecular weight is 719 g/mol. The van der Waals surface area contributed by atoms with Crippen molar-refractivity contribution in [2.24, 2.45) is 0 Å². The fourth-order valence-corrected chi connectivity index (χ4v) is 10.2. The molecule has 0 unspecified atom stereocenters. The minimum atomic E-state index is -0.173. The second-order valence-corrected chi connectivity index (χ2v) is 16.5. The van der Waals surface area contributed by atoms with Crippen molar-refractivity contribution in [2.45, 2.75) is 38.5 Å². The first-order chi connectivity index (χ1) is 27.3. The molecule has 268 valence electrons. The van der Waals surface area contributed by atoms with Crippen LogP contribution >= 0.6 is 0 Å². The summed E-state index contributed by atoms with van der Waals surface area (Å²) in [7, 11) is 0. The SMILES string of the molecule is CC1(C)c2ccccc2-c2ccc(N(c3ccc(-c4cccc5c6ccccc6n(-c6ccccc6)c45)cc3)c3cccc4c3C(C)(C)c3ccccc3-4)cc21. The van der Waals surface area contributed by atoms with Crippen molar-refractivity contribution in [1.82, 2.24) is 4.57 Å². The topological polar surface area (TPSA) is 8.17 Å². The van der Waals surface area contributed by atoms with Gasteiger partial charge in [-0.1, -0.05) is 161 Å². The zero-order chi connectivity index (χ0) is 37.8. The van der Waals surface area contributed by atoms with E-state index in [1.807, 2.05) is 0 Å². The average Bonchev–Trinajstić information content (AvgIpc) is 3.79. The summed E-state index contributed by atoms with van der Waals surface area (Å²) in [6.07, 6.45) is 0. The Balaban J connectivity index is 1.11. The van der Waals surface area contributed by atoms with Gasteiger partial charge in [-0.05, 0) is 98.6 Å². The third-order valence-corrected chi connectivity index (χ3v) is 12.8. The minimum Gasteiger partial charge on any atom is -0.310 e. The van der Waals surface area contributed by atoms with E-state index >= 15 is 0 Å². The van der Waals surface area contributed by atoms with Crippen LogP contribution in [0.15, 0.2) is 182 Å². The summed E-state index contributed by atoms with van der Waals surface area (Å²) in [5.74, 6) is 0. The molecule has 2 nitrogen and oxygen atoms in total. The number of fused-ring (bicyclic) bond motifs is 9. The van der Waals surface area contributed by atoms with Gasteiger partial charge in [-0.3, -0.25) is 0 Å². The number of benzene rings is 8. The Morgan fingerprint density at radius 1 is 0.411 bits per heavy atom. The molecule has 2 heteroatoms. The third-order valence-electron chi connectivity index (χ3n) is 12.8. The van der Waals surface area contributed by atoms with Gasteiger partial charge in [-0.2, -0.15) is 0 Å². The molecule has 0 N–H and O–H groups in total. The summed E-state index contributed by atoms with van der Waals surface area (Å²) < 4.78 is 2.43. The van der Waals surface area contributed by atoms with Gasteiger partial charge in [0, 0.05) is 44.2 Å². The van der Waals surface area contributed by atoms with E-state index in [2.05, 4.69) is 219 Å². The summed E-state index contributed by atoms with van der Waals surface area (Å²) in [5, 5.41) is 2.52. The molecule has 56 heavy (non-hydrogen) atoms. The van der Waals surface area contributed by atoms with E-state index in [-0.39, 0.29) is 10.8 Å². The molecule has 1 aromatic heterocycles. The number of aromatic nitrogens is 1. The van der Waals surface area contributed by atoms with E-state index in [0.29, 0.717) is 0 Å². The molecule has 0 amide bonds. The largest absolute Gasteiger partial charge is 0.310 e. The smallest absolute Gasteiger partial charge is 0.0619 e. The van der Waals surface area contributed by atoms with Crippen molar-refractivity contribution in [2.75, 3.05) is 4.90 Å². The Morgan fingerprint density at radius 3 is 1.77 bits per heavy atom. The molecule has 11 rings (SSSR count). The van der Waals surface area contributed by atoms with Crippen LogP contribution in [0.4, 0.5) is 17.1 Å². The van der Waals surface area contributed by atoms with E-state index in [0.717, 1.165) is 11.4 Å². The highest BCUT2D eigenvalue weighted by molar-refractivity contribution is 6.13. The number of rotatable bonds is 5. The molecule has 1 heterocycles. The molecule has 0 aliphatic heterocycles. The van der Waals surface area contributed by atoms with Crippen LogP contribution in [0.1, 0.15) is 49.9 Å². The van der Waals surface area contributed by atoms with Gasteiger partial charge in [0.25, 0.3) is 0 Å². The summed E-state index contributed by atoms with van der Waals surface area (Å²) in [6.45, 7) is 9.51. The lowest BCUT2D eigenvalue weighted by molar-refractivity contribution is 0.658. The predicted molar refractivity (Wildman–Crippen MR) is 236 cm³/mol. The van der Waals surface area contributed by atoms with Crippen LogP contribution in [-0.2, 0) is 10.8 Å². The van der Waals surface area contributed by atoms with E-state index < -0.39 is 0 Å². The van der Waals surface area contributed by atoms with Crippen LogP contribution in [0.2, 0.25) is 0 Å². The Labute approximate surface area is 328 Å². The highest BCUT2D eigenvalue weighted by Gasteiger charge is 2.40. The summed E-state index contributed by atoms with van der Waals surface area (Å²) in [4.78, 5) is 2.51. The van der Waals surface area contributed by atoms with Crippen molar-refractivity contribution < 1.29 is 0 Å².